The van der Waals surface area contributed by atoms with Crippen molar-refractivity contribution in [1.82, 2.24) is 10.6 Å². The van der Waals surface area contributed by atoms with E-state index in [1.807, 2.05) is 48.5 Å². The van der Waals surface area contributed by atoms with Gasteiger partial charge in [-0.3, -0.25) is 0 Å². The smallest absolute Gasteiger partial charge is 0.315 e. The van der Waals surface area contributed by atoms with Crippen LogP contribution in [0.15, 0.2) is 48.5 Å². The van der Waals surface area contributed by atoms with Crippen LogP contribution in [-0.4, -0.2) is 33.9 Å². The lowest BCUT2D eigenvalue weighted by Gasteiger charge is -2.19. The monoisotopic (exact) mass is 344 g/mol. The van der Waals surface area contributed by atoms with Gasteiger partial charge in [0.1, 0.15) is 17.6 Å². The number of para-hydroxylation sites is 1. The molecule has 1 atom stereocenters. The zero-order valence-corrected chi connectivity index (χ0v) is 14.7. The number of methoxy groups -OCH3 is 3. The Labute approximate surface area is 148 Å². The third kappa shape index (κ3) is 5.39. The second-order valence-corrected chi connectivity index (χ2v) is 5.38. The Kier molecular flexibility index (Phi) is 7.10. The van der Waals surface area contributed by atoms with Gasteiger partial charge < -0.3 is 24.8 Å². The highest BCUT2D eigenvalue weighted by atomic mass is 16.5. The summed E-state index contributed by atoms with van der Waals surface area (Å²) in [6.45, 7) is 0.771. The lowest BCUT2D eigenvalue weighted by Crippen LogP contribution is -2.37. The molecule has 0 aliphatic carbocycles. The van der Waals surface area contributed by atoms with Gasteiger partial charge in [0.05, 0.1) is 14.2 Å². The van der Waals surface area contributed by atoms with Crippen LogP contribution in [0.25, 0.3) is 0 Å². The van der Waals surface area contributed by atoms with Crippen molar-refractivity contribution >= 4 is 6.03 Å². The molecule has 2 aromatic carbocycles. The summed E-state index contributed by atoms with van der Waals surface area (Å²) >= 11 is 0. The summed E-state index contributed by atoms with van der Waals surface area (Å²) in [5.74, 6) is 1.52. The molecule has 0 saturated carbocycles. The third-order valence-electron chi connectivity index (χ3n) is 3.83. The highest BCUT2D eigenvalue weighted by Crippen LogP contribution is 2.26. The Morgan fingerprint density at radius 2 is 1.68 bits per heavy atom. The highest BCUT2D eigenvalue weighted by molar-refractivity contribution is 5.73. The molecule has 0 bridgehead atoms. The Morgan fingerprint density at radius 1 is 0.960 bits per heavy atom. The van der Waals surface area contributed by atoms with Gasteiger partial charge in [-0.2, -0.15) is 0 Å². The summed E-state index contributed by atoms with van der Waals surface area (Å²) in [5.41, 5.74) is 1.88. The maximum Gasteiger partial charge on any atom is 0.315 e. The van der Waals surface area contributed by atoms with Gasteiger partial charge in [0.25, 0.3) is 0 Å². The molecule has 2 aromatic rings. The molecule has 1 unspecified atom stereocenters. The predicted molar refractivity (Wildman–Crippen MR) is 96.0 cm³/mol. The first kappa shape index (κ1) is 18.6. The Bertz CT molecular complexity index is 673. The molecule has 0 fully saturated rings. The number of rotatable bonds is 8. The first-order valence-corrected chi connectivity index (χ1v) is 7.98. The average Bonchev–Trinajstić information content (AvgIpc) is 2.67. The van der Waals surface area contributed by atoms with Crippen molar-refractivity contribution in [2.75, 3.05) is 27.9 Å². The predicted octanol–water partition coefficient (Wildman–Crippen LogP) is 2.89. The fourth-order valence-electron chi connectivity index (χ4n) is 2.43. The Hall–Kier alpha value is -2.73. The van der Waals surface area contributed by atoms with Crippen LogP contribution >= 0.6 is 0 Å². The molecule has 6 nitrogen and oxygen atoms in total. The number of nitrogens with one attached hydrogen (secondary N) is 2. The molecule has 0 spiro atoms. The molecule has 0 aromatic heterocycles. The second-order valence-electron chi connectivity index (χ2n) is 5.38. The van der Waals surface area contributed by atoms with Crippen LogP contribution < -0.4 is 20.1 Å². The topological polar surface area (TPSA) is 68.8 Å². The van der Waals surface area contributed by atoms with E-state index in [4.69, 9.17) is 14.2 Å². The summed E-state index contributed by atoms with van der Waals surface area (Å²) < 4.78 is 15.9. The van der Waals surface area contributed by atoms with Crippen molar-refractivity contribution in [1.29, 1.82) is 0 Å². The summed E-state index contributed by atoms with van der Waals surface area (Å²) in [6, 6.07) is 14.9. The van der Waals surface area contributed by atoms with Gasteiger partial charge in [0, 0.05) is 25.8 Å². The molecular weight excluding hydrogens is 320 g/mol. The van der Waals surface area contributed by atoms with E-state index < -0.39 is 0 Å². The zero-order chi connectivity index (χ0) is 18.1. The van der Waals surface area contributed by atoms with Crippen molar-refractivity contribution in [2.45, 2.75) is 12.6 Å². The van der Waals surface area contributed by atoms with Crippen LogP contribution in [-0.2, 0) is 11.3 Å². The molecule has 0 aliphatic rings. The maximum absolute atomic E-state index is 12.0. The molecule has 0 radical (unpaired) electrons. The molecule has 0 aliphatic heterocycles. The van der Waals surface area contributed by atoms with E-state index >= 15 is 0 Å². The van der Waals surface area contributed by atoms with Crippen molar-refractivity contribution in [2.24, 2.45) is 0 Å². The molecule has 134 valence electrons. The number of carbonyl (C=O) groups is 1. The maximum atomic E-state index is 12.0. The molecule has 25 heavy (non-hydrogen) atoms. The van der Waals surface area contributed by atoms with Crippen LogP contribution in [0.5, 0.6) is 11.5 Å². The fraction of sp³-hybridized carbons (Fsp3) is 0.316. The minimum Gasteiger partial charge on any atom is -0.497 e. The summed E-state index contributed by atoms with van der Waals surface area (Å²) in [5, 5.41) is 5.64. The normalized spacial score (nSPS) is 11.5. The van der Waals surface area contributed by atoms with E-state index in [0.29, 0.717) is 13.1 Å². The van der Waals surface area contributed by atoms with Gasteiger partial charge in [-0.15, -0.1) is 0 Å². The van der Waals surface area contributed by atoms with Gasteiger partial charge in [0.15, 0.2) is 0 Å². The van der Waals surface area contributed by atoms with Gasteiger partial charge in [0.2, 0.25) is 0 Å². The standard InChI is InChI=1S/C19H24N2O4/c1-23-15-10-8-14(9-11-15)12-20-19(22)21-13-18(25-3)16-6-4-5-7-17(16)24-2/h4-11,18H,12-13H2,1-3H3,(H2,20,21,22). The van der Waals surface area contributed by atoms with E-state index in [2.05, 4.69) is 10.6 Å². The molecule has 0 saturated heterocycles. The largest absolute Gasteiger partial charge is 0.497 e. The Balaban J connectivity index is 1.85. The van der Waals surface area contributed by atoms with Crippen LogP contribution in [0, 0.1) is 0 Å². The number of hydrogen-bond donors (Lipinski definition) is 2. The summed E-state index contributed by atoms with van der Waals surface area (Å²) in [4.78, 5) is 12.0. The first-order valence-electron chi connectivity index (χ1n) is 7.98. The van der Waals surface area contributed by atoms with Crippen LogP contribution in [0.2, 0.25) is 0 Å². The van der Waals surface area contributed by atoms with Gasteiger partial charge >= 0.3 is 6.03 Å². The number of benzene rings is 2. The quantitative estimate of drug-likeness (QED) is 0.773. The third-order valence-corrected chi connectivity index (χ3v) is 3.83. The minimum atomic E-state index is -0.289. The summed E-state index contributed by atoms with van der Waals surface area (Å²) in [6.07, 6.45) is -0.289. The lowest BCUT2D eigenvalue weighted by molar-refractivity contribution is 0.101. The summed E-state index contributed by atoms with van der Waals surface area (Å²) in [7, 11) is 4.84. The zero-order valence-electron chi connectivity index (χ0n) is 14.7. The van der Waals surface area contributed by atoms with Crippen molar-refractivity contribution in [3.05, 3.63) is 59.7 Å². The molecule has 2 N–H and O–H groups in total. The number of hydrogen-bond acceptors (Lipinski definition) is 4. The molecule has 2 rings (SSSR count). The van der Waals surface area contributed by atoms with Crippen molar-refractivity contribution in [3.63, 3.8) is 0 Å². The van der Waals surface area contributed by atoms with E-state index in [1.165, 1.54) is 0 Å². The van der Waals surface area contributed by atoms with E-state index in [1.54, 1.807) is 21.3 Å². The first-order chi connectivity index (χ1) is 12.2. The number of amides is 2. The second kappa shape index (κ2) is 9.54. The van der Waals surface area contributed by atoms with Gasteiger partial charge in [-0.1, -0.05) is 30.3 Å². The molecule has 2 amide bonds. The van der Waals surface area contributed by atoms with Crippen LogP contribution in [0.1, 0.15) is 17.2 Å². The number of ether oxygens (including phenoxy) is 3. The average molecular weight is 344 g/mol. The fourth-order valence-corrected chi connectivity index (χ4v) is 2.43. The molecular formula is C19H24N2O4. The van der Waals surface area contributed by atoms with E-state index in [0.717, 1.165) is 22.6 Å². The molecule has 6 heteroatoms. The van der Waals surface area contributed by atoms with Crippen LogP contribution in [0.4, 0.5) is 4.79 Å². The minimum absolute atomic E-state index is 0.257. The van der Waals surface area contributed by atoms with Crippen molar-refractivity contribution < 1.29 is 19.0 Å². The SMILES string of the molecule is COc1ccc(CNC(=O)NCC(OC)c2ccccc2OC)cc1. The lowest BCUT2D eigenvalue weighted by atomic mass is 10.1. The van der Waals surface area contributed by atoms with E-state index in [-0.39, 0.29) is 12.1 Å². The number of urea groups is 1. The highest BCUT2D eigenvalue weighted by Gasteiger charge is 2.16. The molecule has 0 heterocycles. The van der Waals surface area contributed by atoms with Gasteiger partial charge in [-0.25, -0.2) is 4.79 Å². The van der Waals surface area contributed by atoms with Crippen LogP contribution in [0.3, 0.4) is 0 Å². The number of carbonyl (C=O) groups excluding carboxylic acids is 1. The van der Waals surface area contributed by atoms with Gasteiger partial charge in [-0.05, 0) is 23.8 Å². The van der Waals surface area contributed by atoms with E-state index in [9.17, 15) is 4.79 Å². The Morgan fingerprint density at radius 3 is 2.32 bits per heavy atom. The van der Waals surface area contributed by atoms with Crippen molar-refractivity contribution in [3.8, 4) is 11.5 Å².